The van der Waals surface area contributed by atoms with Crippen molar-refractivity contribution in [3.63, 3.8) is 0 Å². The Bertz CT molecular complexity index is 853. The third-order valence-corrected chi connectivity index (χ3v) is 4.93. The molecule has 0 spiro atoms. The van der Waals surface area contributed by atoms with Crippen molar-refractivity contribution in [2.24, 2.45) is 0 Å². The molecule has 1 atom stereocenters. The van der Waals surface area contributed by atoms with E-state index in [0.717, 1.165) is 11.4 Å². The molecule has 2 aromatic carbocycles. The molecule has 1 heterocycles. The number of hydrogen-bond acceptors (Lipinski definition) is 3. The maximum absolute atomic E-state index is 12.7. The molecular weight excluding hydrogens is 352 g/mol. The van der Waals surface area contributed by atoms with Crippen molar-refractivity contribution in [1.82, 2.24) is 0 Å². The minimum absolute atomic E-state index is 0.0719. The highest BCUT2D eigenvalue weighted by molar-refractivity contribution is 6.01. The van der Waals surface area contributed by atoms with Crippen molar-refractivity contribution >= 4 is 23.2 Å². The first-order valence-corrected chi connectivity index (χ1v) is 9.77. The molecule has 0 saturated heterocycles. The van der Waals surface area contributed by atoms with Crippen LogP contribution in [-0.2, 0) is 15.0 Å². The lowest BCUT2D eigenvalue weighted by Gasteiger charge is -2.33. The smallest absolute Gasteiger partial charge is 0.268 e. The topological polar surface area (TPSA) is 58.6 Å². The molecule has 1 aliphatic rings. The van der Waals surface area contributed by atoms with Crippen molar-refractivity contribution in [2.45, 2.75) is 52.1 Å². The fourth-order valence-electron chi connectivity index (χ4n) is 3.26. The Morgan fingerprint density at radius 2 is 1.79 bits per heavy atom. The van der Waals surface area contributed by atoms with E-state index in [-0.39, 0.29) is 23.7 Å². The molecule has 1 unspecified atom stereocenters. The number of hydrogen-bond donors (Lipinski definition) is 1. The van der Waals surface area contributed by atoms with Gasteiger partial charge < -0.3 is 15.0 Å². The monoisotopic (exact) mass is 380 g/mol. The molecule has 3 rings (SSSR count). The highest BCUT2D eigenvalue weighted by Crippen LogP contribution is 2.34. The summed E-state index contributed by atoms with van der Waals surface area (Å²) in [6.45, 7) is 8.70. The Kier molecular flexibility index (Phi) is 5.73. The summed E-state index contributed by atoms with van der Waals surface area (Å²) in [7, 11) is 0. The summed E-state index contributed by atoms with van der Waals surface area (Å²) < 4.78 is 5.77. The molecule has 1 aliphatic heterocycles. The number of para-hydroxylation sites is 2. The lowest BCUT2D eigenvalue weighted by atomic mass is 9.87. The lowest BCUT2D eigenvalue weighted by molar-refractivity contribution is -0.126. The van der Waals surface area contributed by atoms with E-state index in [1.807, 2.05) is 55.5 Å². The van der Waals surface area contributed by atoms with Crippen LogP contribution in [0, 0.1) is 0 Å². The van der Waals surface area contributed by atoms with Gasteiger partial charge in [0, 0.05) is 18.7 Å². The molecule has 28 heavy (non-hydrogen) atoms. The largest absolute Gasteiger partial charge is 0.478 e. The average Bonchev–Trinajstić information content (AvgIpc) is 2.66. The van der Waals surface area contributed by atoms with E-state index in [9.17, 15) is 9.59 Å². The summed E-state index contributed by atoms with van der Waals surface area (Å²) in [5.41, 5.74) is 2.77. The second-order valence-electron chi connectivity index (χ2n) is 8.10. The number of nitrogens with one attached hydrogen (secondary N) is 1. The van der Waals surface area contributed by atoms with Crippen molar-refractivity contribution in [2.75, 3.05) is 16.8 Å². The van der Waals surface area contributed by atoms with E-state index in [1.165, 1.54) is 5.56 Å². The van der Waals surface area contributed by atoms with Crippen molar-refractivity contribution < 1.29 is 14.3 Å². The Morgan fingerprint density at radius 1 is 1.11 bits per heavy atom. The van der Waals surface area contributed by atoms with Gasteiger partial charge >= 0.3 is 0 Å². The molecule has 2 aromatic rings. The molecule has 0 aliphatic carbocycles. The third kappa shape index (κ3) is 4.35. The number of carbonyl (C=O) groups is 2. The third-order valence-electron chi connectivity index (χ3n) is 4.93. The summed E-state index contributed by atoms with van der Waals surface area (Å²) in [4.78, 5) is 26.8. The SMILES string of the molecule is CCC1Oc2ccccc2N(CCC(=O)Nc2ccc(C(C)(C)C)cc2)C1=O. The molecule has 0 bridgehead atoms. The predicted octanol–water partition coefficient (Wildman–Crippen LogP) is 4.52. The van der Waals surface area contributed by atoms with Gasteiger partial charge in [-0.25, -0.2) is 0 Å². The summed E-state index contributed by atoms with van der Waals surface area (Å²) >= 11 is 0. The van der Waals surface area contributed by atoms with Crippen LogP contribution >= 0.6 is 0 Å². The first kappa shape index (κ1) is 19.9. The number of nitrogens with zero attached hydrogens (tertiary/aromatic N) is 1. The molecule has 0 fully saturated rings. The highest BCUT2D eigenvalue weighted by Gasteiger charge is 2.33. The quantitative estimate of drug-likeness (QED) is 0.830. The maximum atomic E-state index is 12.7. The second kappa shape index (κ2) is 8.05. The van der Waals surface area contributed by atoms with Gasteiger partial charge in [0.15, 0.2) is 6.10 Å². The normalized spacial score (nSPS) is 16.4. The van der Waals surface area contributed by atoms with Crippen LogP contribution in [0.2, 0.25) is 0 Å². The van der Waals surface area contributed by atoms with E-state index in [4.69, 9.17) is 4.74 Å². The van der Waals surface area contributed by atoms with Gasteiger partial charge in [-0.3, -0.25) is 9.59 Å². The van der Waals surface area contributed by atoms with Gasteiger partial charge in [0.25, 0.3) is 5.91 Å². The van der Waals surface area contributed by atoms with E-state index in [0.29, 0.717) is 18.7 Å². The zero-order chi connectivity index (χ0) is 20.3. The molecule has 148 valence electrons. The molecule has 5 heteroatoms. The molecule has 0 aromatic heterocycles. The average molecular weight is 380 g/mol. The van der Waals surface area contributed by atoms with Crippen molar-refractivity contribution in [3.05, 3.63) is 54.1 Å². The number of rotatable bonds is 5. The van der Waals surface area contributed by atoms with Crippen LogP contribution in [0.25, 0.3) is 0 Å². The first-order chi connectivity index (χ1) is 13.3. The van der Waals surface area contributed by atoms with E-state index in [2.05, 4.69) is 26.1 Å². The number of anilines is 2. The first-order valence-electron chi connectivity index (χ1n) is 9.77. The molecule has 0 saturated carbocycles. The van der Waals surface area contributed by atoms with Crippen LogP contribution in [-0.4, -0.2) is 24.5 Å². The minimum Gasteiger partial charge on any atom is -0.478 e. The molecule has 2 amide bonds. The number of fused-ring (bicyclic) bond motifs is 1. The molecule has 0 radical (unpaired) electrons. The summed E-state index contributed by atoms with van der Waals surface area (Å²) in [6, 6.07) is 15.4. The van der Waals surface area contributed by atoms with Gasteiger partial charge in [-0.15, -0.1) is 0 Å². The van der Waals surface area contributed by atoms with Crippen molar-refractivity contribution in [1.29, 1.82) is 0 Å². The van der Waals surface area contributed by atoms with E-state index in [1.54, 1.807) is 4.90 Å². The summed E-state index contributed by atoms with van der Waals surface area (Å²) in [5, 5.41) is 2.92. The lowest BCUT2D eigenvalue weighted by Crippen LogP contribution is -2.46. The van der Waals surface area contributed by atoms with Crippen molar-refractivity contribution in [3.8, 4) is 5.75 Å². The zero-order valence-electron chi connectivity index (χ0n) is 17.0. The van der Waals surface area contributed by atoms with Crippen LogP contribution in [0.1, 0.15) is 46.1 Å². The number of amides is 2. The highest BCUT2D eigenvalue weighted by atomic mass is 16.5. The second-order valence-corrected chi connectivity index (χ2v) is 8.10. The van der Waals surface area contributed by atoms with Gasteiger partial charge in [0.2, 0.25) is 5.91 Å². The van der Waals surface area contributed by atoms with Gasteiger partial charge in [-0.05, 0) is 41.7 Å². The number of ether oxygens (including phenoxy) is 1. The fraction of sp³-hybridized carbons (Fsp3) is 0.391. The van der Waals surface area contributed by atoms with Crippen LogP contribution in [0.5, 0.6) is 5.75 Å². The molecule has 1 N–H and O–H groups in total. The Morgan fingerprint density at radius 3 is 2.43 bits per heavy atom. The molecule has 5 nitrogen and oxygen atoms in total. The standard InChI is InChI=1S/C23H28N2O3/c1-5-19-22(27)25(18-8-6-7-9-20(18)28-19)15-14-21(26)24-17-12-10-16(11-13-17)23(2,3)4/h6-13,19H,5,14-15H2,1-4H3,(H,24,26). The zero-order valence-corrected chi connectivity index (χ0v) is 17.0. The molecular formula is C23H28N2O3. The maximum Gasteiger partial charge on any atom is 0.268 e. The Hall–Kier alpha value is -2.82. The van der Waals surface area contributed by atoms with E-state index < -0.39 is 6.10 Å². The fourth-order valence-corrected chi connectivity index (χ4v) is 3.26. The van der Waals surface area contributed by atoms with E-state index >= 15 is 0 Å². The van der Waals surface area contributed by atoms with Crippen LogP contribution in [0.3, 0.4) is 0 Å². The Balaban J connectivity index is 1.64. The van der Waals surface area contributed by atoms with Gasteiger partial charge in [0.05, 0.1) is 5.69 Å². The summed E-state index contributed by atoms with van der Waals surface area (Å²) in [6.07, 6.45) is 0.316. The number of carbonyl (C=O) groups excluding carboxylic acids is 2. The van der Waals surface area contributed by atoms with Gasteiger partial charge in [-0.1, -0.05) is 52.0 Å². The van der Waals surface area contributed by atoms with Crippen LogP contribution in [0.15, 0.2) is 48.5 Å². The Labute approximate surface area is 166 Å². The van der Waals surface area contributed by atoms with Crippen LogP contribution in [0.4, 0.5) is 11.4 Å². The van der Waals surface area contributed by atoms with Gasteiger partial charge in [-0.2, -0.15) is 0 Å². The summed E-state index contributed by atoms with van der Waals surface area (Å²) in [5.74, 6) is 0.476. The van der Waals surface area contributed by atoms with Gasteiger partial charge in [0.1, 0.15) is 5.75 Å². The van der Waals surface area contributed by atoms with Crippen LogP contribution < -0.4 is 15.0 Å². The minimum atomic E-state index is -0.497. The number of benzene rings is 2. The predicted molar refractivity (Wildman–Crippen MR) is 112 cm³/mol.